The molecule has 2 aromatic rings. The van der Waals surface area contributed by atoms with Gasteiger partial charge in [-0.25, -0.2) is 0 Å². The molecule has 0 aliphatic heterocycles. The van der Waals surface area contributed by atoms with E-state index in [1.165, 1.54) is 12.0 Å². The highest BCUT2D eigenvalue weighted by Gasteiger charge is 2.03. The van der Waals surface area contributed by atoms with E-state index in [4.69, 9.17) is 0 Å². The van der Waals surface area contributed by atoms with Gasteiger partial charge in [0.05, 0.1) is 4.47 Å². The zero-order valence-electron chi connectivity index (χ0n) is 9.22. The SMILES string of the molecule is CCCCc1ccc2[nH]cc(Br)c(=O)c2c1. The summed E-state index contributed by atoms with van der Waals surface area (Å²) >= 11 is 3.25. The van der Waals surface area contributed by atoms with Crippen molar-refractivity contribution in [3.05, 3.63) is 44.7 Å². The summed E-state index contributed by atoms with van der Waals surface area (Å²) in [6, 6.07) is 6.06. The van der Waals surface area contributed by atoms with Crippen LogP contribution in [0.25, 0.3) is 10.9 Å². The molecule has 1 aromatic heterocycles. The number of aryl methyl sites for hydroxylation is 1. The second-order valence-corrected chi connectivity index (χ2v) is 4.80. The summed E-state index contributed by atoms with van der Waals surface area (Å²) in [5, 5.41) is 0.767. The summed E-state index contributed by atoms with van der Waals surface area (Å²) in [6.45, 7) is 2.17. The van der Waals surface area contributed by atoms with Crippen molar-refractivity contribution in [2.75, 3.05) is 0 Å². The summed E-state index contributed by atoms with van der Waals surface area (Å²) in [7, 11) is 0. The molecule has 3 heteroatoms. The first-order chi connectivity index (χ1) is 7.72. The van der Waals surface area contributed by atoms with E-state index in [1.54, 1.807) is 6.20 Å². The lowest BCUT2D eigenvalue weighted by molar-refractivity contribution is 0.796. The molecule has 0 bridgehead atoms. The average molecular weight is 280 g/mol. The van der Waals surface area contributed by atoms with Crippen molar-refractivity contribution in [2.24, 2.45) is 0 Å². The van der Waals surface area contributed by atoms with Crippen LogP contribution in [0.2, 0.25) is 0 Å². The van der Waals surface area contributed by atoms with E-state index in [-0.39, 0.29) is 5.43 Å². The molecule has 0 radical (unpaired) electrons. The Bertz CT molecular complexity index is 559. The Hall–Kier alpha value is -1.09. The quantitative estimate of drug-likeness (QED) is 0.914. The smallest absolute Gasteiger partial charge is 0.203 e. The van der Waals surface area contributed by atoms with Crippen LogP contribution in [-0.2, 0) is 6.42 Å². The Labute approximate surface area is 103 Å². The van der Waals surface area contributed by atoms with Gasteiger partial charge < -0.3 is 4.98 Å². The maximum absolute atomic E-state index is 11.9. The van der Waals surface area contributed by atoms with Gasteiger partial charge in [-0.1, -0.05) is 19.4 Å². The van der Waals surface area contributed by atoms with Crippen molar-refractivity contribution in [3.63, 3.8) is 0 Å². The largest absolute Gasteiger partial charge is 0.360 e. The van der Waals surface area contributed by atoms with Gasteiger partial charge in [0, 0.05) is 17.1 Å². The predicted molar refractivity (Wildman–Crippen MR) is 70.9 cm³/mol. The fourth-order valence-corrected chi connectivity index (χ4v) is 2.10. The molecule has 0 aliphatic carbocycles. The molecule has 0 atom stereocenters. The zero-order valence-corrected chi connectivity index (χ0v) is 10.8. The van der Waals surface area contributed by atoms with Gasteiger partial charge in [-0.3, -0.25) is 4.79 Å². The van der Waals surface area contributed by atoms with E-state index >= 15 is 0 Å². The Balaban J connectivity index is 2.51. The summed E-state index contributed by atoms with van der Waals surface area (Å²) in [5.41, 5.74) is 2.19. The zero-order chi connectivity index (χ0) is 11.5. The van der Waals surface area contributed by atoms with Crippen LogP contribution in [-0.4, -0.2) is 4.98 Å². The van der Waals surface area contributed by atoms with Crippen LogP contribution in [0.3, 0.4) is 0 Å². The van der Waals surface area contributed by atoms with Crippen LogP contribution in [0.4, 0.5) is 0 Å². The van der Waals surface area contributed by atoms with Gasteiger partial charge in [0.15, 0.2) is 0 Å². The minimum absolute atomic E-state index is 0.0621. The van der Waals surface area contributed by atoms with E-state index in [2.05, 4.69) is 33.9 Å². The molecular weight excluding hydrogens is 266 g/mol. The molecule has 1 aromatic carbocycles. The van der Waals surface area contributed by atoms with E-state index < -0.39 is 0 Å². The van der Waals surface area contributed by atoms with E-state index in [9.17, 15) is 4.79 Å². The molecule has 0 saturated carbocycles. The normalized spacial score (nSPS) is 10.9. The first-order valence-corrected chi connectivity index (χ1v) is 6.31. The first-order valence-electron chi connectivity index (χ1n) is 5.52. The maximum Gasteiger partial charge on any atom is 0.203 e. The molecule has 2 nitrogen and oxygen atoms in total. The molecule has 2 rings (SSSR count). The van der Waals surface area contributed by atoms with Crippen LogP contribution in [0, 0.1) is 0 Å². The lowest BCUT2D eigenvalue weighted by atomic mass is 10.1. The predicted octanol–water partition coefficient (Wildman–Crippen LogP) is 3.63. The number of nitrogens with one attached hydrogen (secondary N) is 1. The van der Waals surface area contributed by atoms with Crippen LogP contribution in [0.1, 0.15) is 25.3 Å². The molecule has 1 N–H and O–H groups in total. The van der Waals surface area contributed by atoms with Gasteiger partial charge >= 0.3 is 0 Å². The lowest BCUT2D eigenvalue weighted by Gasteiger charge is -2.03. The maximum atomic E-state index is 11.9. The first kappa shape index (κ1) is 11.4. The third kappa shape index (κ3) is 2.19. The number of H-pyrrole nitrogens is 1. The Morgan fingerprint density at radius 3 is 2.94 bits per heavy atom. The molecule has 0 aliphatic rings. The number of aromatic amines is 1. The second kappa shape index (κ2) is 4.83. The third-order valence-electron chi connectivity index (χ3n) is 2.72. The molecule has 84 valence electrons. The van der Waals surface area contributed by atoms with Crippen LogP contribution < -0.4 is 5.43 Å². The van der Waals surface area contributed by atoms with E-state index in [1.807, 2.05) is 12.1 Å². The van der Waals surface area contributed by atoms with E-state index in [0.717, 1.165) is 23.7 Å². The monoisotopic (exact) mass is 279 g/mol. The number of hydrogen-bond acceptors (Lipinski definition) is 1. The number of benzene rings is 1. The van der Waals surface area contributed by atoms with Gasteiger partial charge in [-0.2, -0.15) is 0 Å². The second-order valence-electron chi connectivity index (χ2n) is 3.95. The fraction of sp³-hybridized carbons (Fsp3) is 0.308. The molecule has 0 saturated heterocycles. The molecule has 0 spiro atoms. The minimum Gasteiger partial charge on any atom is -0.360 e. The van der Waals surface area contributed by atoms with Crippen molar-refractivity contribution >= 4 is 26.8 Å². The number of halogens is 1. The Kier molecular flexibility index (Phi) is 3.44. The molecule has 1 heterocycles. The van der Waals surface area contributed by atoms with Gasteiger partial charge in [0.1, 0.15) is 0 Å². The molecule has 16 heavy (non-hydrogen) atoms. The number of hydrogen-bond donors (Lipinski definition) is 1. The summed E-state index contributed by atoms with van der Waals surface area (Å²) < 4.78 is 0.590. The molecule has 0 unspecified atom stereocenters. The van der Waals surface area contributed by atoms with Gasteiger partial charge in [-0.05, 0) is 46.5 Å². The van der Waals surface area contributed by atoms with Gasteiger partial charge in [-0.15, -0.1) is 0 Å². The number of unbranched alkanes of at least 4 members (excludes halogenated alkanes) is 1. The van der Waals surface area contributed by atoms with Crippen molar-refractivity contribution in [1.29, 1.82) is 0 Å². The van der Waals surface area contributed by atoms with Crippen LogP contribution in [0.15, 0.2) is 33.7 Å². The summed E-state index contributed by atoms with van der Waals surface area (Å²) in [5.74, 6) is 0. The molecule has 0 fully saturated rings. The van der Waals surface area contributed by atoms with Crippen LogP contribution in [0.5, 0.6) is 0 Å². The van der Waals surface area contributed by atoms with Crippen molar-refractivity contribution in [1.82, 2.24) is 4.98 Å². The van der Waals surface area contributed by atoms with Crippen molar-refractivity contribution in [3.8, 4) is 0 Å². The number of fused-ring (bicyclic) bond motifs is 1. The standard InChI is InChI=1S/C13H14BrNO/c1-2-3-4-9-5-6-12-10(7-9)13(16)11(14)8-15-12/h5-8H,2-4H2,1H3,(H,15,16). The summed E-state index contributed by atoms with van der Waals surface area (Å²) in [4.78, 5) is 15.0. The minimum atomic E-state index is 0.0621. The van der Waals surface area contributed by atoms with Crippen molar-refractivity contribution < 1.29 is 0 Å². The highest BCUT2D eigenvalue weighted by molar-refractivity contribution is 9.10. The summed E-state index contributed by atoms with van der Waals surface area (Å²) in [6.07, 6.45) is 5.07. The Morgan fingerprint density at radius 1 is 1.38 bits per heavy atom. The number of pyridine rings is 1. The Morgan fingerprint density at radius 2 is 2.19 bits per heavy atom. The average Bonchev–Trinajstić information content (AvgIpc) is 2.31. The number of aromatic nitrogens is 1. The van der Waals surface area contributed by atoms with E-state index in [0.29, 0.717) is 4.47 Å². The fourth-order valence-electron chi connectivity index (χ4n) is 1.78. The lowest BCUT2D eigenvalue weighted by Crippen LogP contribution is -2.03. The highest BCUT2D eigenvalue weighted by atomic mass is 79.9. The highest BCUT2D eigenvalue weighted by Crippen LogP contribution is 2.14. The van der Waals surface area contributed by atoms with Gasteiger partial charge in [0.2, 0.25) is 5.43 Å². The topological polar surface area (TPSA) is 32.9 Å². The van der Waals surface area contributed by atoms with Gasteiger partial charge in [0.25, 0.3) is 0 Å². The molecular formula is C13H14BrNO. The number of rotatable bonds is 3. The molecule has 0 amide bonds. The van der Waals surface area contributed by atoms with Crippen molar-refractivity contribution in [2.45, 2.75) is 26.2 Å². The third-order valence-corrected chi connectivity index (χ3v) is 3.31. The van der Waals surface area contributed by atoms with Crippen LogP contribution >= 0.6 is 15.9 Å².